The van der Waals surface area contributed by atoms with Gasteiger partial charge in [-0.3, -0.25) is 9.79 Å². The van der Waals surface area contributed by atoms with Crippen LogP contribution >= 0.6 is 0 Å². The first-order chi connectivity index (χ1) is 16.0. The lowest BCUT2D eigenvalue weighted by Gasteiger charge is -2.57. The van der Waals surface area contributed by atoms with Gasteiger partial charge in [0, 0.05) is 24.7 Å². The average Bonchev–Trinajstić information content (AvgIpc) is 2.80. The molecule has 10 unspecified atom stereocenters. The van der Waals surface area contributed by atoms with Crippen molar-refractivity contribution in [1.82, 2.24) is 5.32 Å². The van der Waals surface area contributed by atoms with Crippen LogP contribution in [0.25, 0.3) is 0 Å². The van der Waals surface area contributed by atoms with Gasteiger partial charge in [-0.15, -0.1) is 0 Å². The Morgan fingerprint density at radius 2 is 1.79 bits per heavy atom. The van der Waals surface area contributed by atoms with Gasteiger partial charge in [0.15, 0.2) is 0 Å². The molecular formula is C28H48N2O3. The molecule has 0 spiro atoms. The number of carbonyl (C=O) groups excluding carboxylic acids is 1. The number of carbonyl (C=O) groups is 1. The Morgan fingerprint density at radius 3 is 2.52 bits per heavy atom. The van der Waals surface area contributed by atoms with Gasteiger partial charge in [0.1, 0.15) is 0 Å². The van der Waals surface area contributed by atoms with Gasteiger partial charge >= 0.3 is 5.97 Å². The highest BCUT2D eigenvalue weighted by molar-refractivity contribution is 5.87. The first-order valence-corrected chi connectivity index (χ1v) is 14.1. The van der Waals surface area contributed by atoms with Gasteiger partial charge < -0.3 is 14.8 Å². The second kappa shape index (κ2) is 11.2. The summed E-state index contributed by atoms with van der Waals surface area (Å²) in [5, 5.41) is 3.74. The van der Waals surface area contributed by atoms with E-state index < -0.39 is 0 Å². The third kappa shape index (κ3) is 5.19. The zero-order valence-electron chi connectivity index (χ0n) is 21.7. The number of hydrogen-bond donors (Lipinski definition) is 1. The first kappa shape index (κ1) is 25.2. The van der Waals surface area contributed by atoms with Crippen LogP contribution in [0.15, 0.2) is 4.99 Å². The van der Waals surface area contributed by atoms with E-state index in [2.05, 4.69) is 33.0 Å². The van der Waals surface area contributed by atoms with Crippen molar-refractivity contribution in [2.45, 2.75) is 104 Å². The Hall–Kier alpha value is -0.940. The summed E-state index contributed by atoms with van der Waals surface area (Å²) in [5.41, 5.74) is 1.36. The van der Waals surface area contributed by atoms with Crippen molar-refractivity contribution < 1.29 is 14.3 Å². The molecule has 0 aromatic carbocycles. The molecule has 3 saturated carbocycles. The minimum absolute atomic E-state index is 0.0632. The molecule has 4 rings (SSSR count). The number of rotatable bonds is 6. The van der Waals surface area contributed by atoms with Crippen LogP contribution in [0.4, 0.5) is 0 Å². The maximum atomic E-state index is 13.1. The number of nitrogens with one attached hydrogen (secondary N) is 1. The molecule has 188 valence electrons. The topological polar surface area (TPSA) is 59.9 Å². The van der Waals surface area contributed by atoms with Crippen molar-refractivity contribution in [2.24, 2.45) is 46.4 Å². The fraction of sp³-hybridized carbons (Fsp3) is 0.929. The number of fused-ring (bicyclic) bond motifs is 2. The standard InChI is InChI=1S/C28H48N2O3/c1-6-29-23-15-25-21(13-17(23)4)27(19-11-9-10-12-20(19)28(31)32-8-3)22-14-18(5)24(30-7-2)16-26(22)33-25/h17-23,25-27,29H,6-16H2,1-5H3. The van der Waals surface area contributed by atoms with Gasteiger partial charge in [0.25, 0.3) is 0 Å². The van der Waals surface area contributed by atoms with Crippen molar-refractivity contribution in [3.63, 3.8) is 0 Å². The van der Waals surface area contributed by atoms with Crippen LogP contribution < -0.4 is 5.32 Å². The monoisotopic (exact) mass is 460 g/mol. The minimum Gasteiger partial charge on any atom is -0.466 e. The molecule has 5 nitrogen and oxygen atoms in total. The zero-order chi connectivity index (χ0) is 23.5. The van der Waals surface area contributed by atoms with Crippen molar-refractivity contribution in [2.75, 3.05) is 19.7 Å². The molecule has 1 N–H and O–H groups in total. The van der Waals surface area contributed by atoms with Gasteiger partial charge in [0.05, 0.1) is 24.7 Å². The third-order valence-corrected chi connectivity index (χ3v) is 9.45. The Bertz CT molecular complexity index is 695. The van der Waals surface area contributed by atoms with Crippen molar-refractivity contribution in [3.8, 4) is 0 Å². The van der Waals surface area contributed by atoms with Gasteiger partial charge in [-0.2, -0.15) is 0 Å². The summed E-state index contributed by atoms with van der Waals surface area (Å²) in [7, 11) is 0. The third-order valence-electron chi connectivity index (χ3n) is 9.45. The Morgan fingerprint density at radius 1 is 1.03 bits per heavy atom. The van der Waals surface area contributed by atoms with E-state index in [0.29, 0.717) is 54.3 Å². The summed E-state index contributed by atoms with van der Waals surface area (Å²) >= 11 is 0. The molecule has 1 heterocycles. The molecular weight excluding hydrogens is 412 g/mol. The number of aliphatic imine (C=N–C) groups is 1. The van der Waals surface area contributed by atoms with Gasteiger partial charge in [-0.25, -0.2) is 0 Å². The van der Waals surface area contributed by atoms with E-state index >= 15 is 0 Å². The second-order valence-corrected chi connectivity index (χ2v) is 11.3. The second-order valence-electron chi connectivity index (χ2n) is 11.3. The molecule has 0 bridgehead atoms. The van der Waals surface area contributed by atoms with E-state index in [1.165, 1.54) is 25.0 Å². The van der Waals surface area contributed by atoms with E-state index in [1.54, 1.807) is 0 Å². The summed E-state index contributed by atoms with van der Waals surface area (Å²) < 4.78 is 12.6. The lowest BCUT2D eigenvalue weighted by atomic mass is 9.54. The molecule has 0 amide bonds. The van der Waals surface area contributed by atoms with Crippen LogP contribution in [0, 0.1) is 41.4 Å². The fourth-order valence-electron chi connectivity index (χ4n) is 8.08. The average molecular weight is 461 g/mol. The molecule has 10 atom stereocenters. The SMILES string of the molecule is CCN=C1CC2OC3CC(NCC)C(C)CC3C(C3CCCCC3C(=O)OCC)C2CC1C. The van der Waals surface area contributed by atoms with Gasteiger partial charge in [-0.1, -0.05) is 33.6 Å². The van der Waals surface area contributed by atoms with Crippen LogP contribution in [0.2, 0.25) is 0 Å². The normalized spacial score (nSPS) is 44.7. The highest BCUT2D eigenvalue weighted by Gasteiger charge is 2.55. The number of nitrogens with zero attached hydrogens (tertiary/aromatic N) is 1. The molecule has 33 heavy (non-hydrogen) atoms. The Labute approximate surface area is 201 Å². The van der Waals surface area contributed by atoms with Crippen molar-refractivity contribution in [1.29, 1.82) is 0 Å². The largest absolute Gasteiger partial charge is 0.466 e. The fourth-order valence-corrected chi connectivity index (χ4v) is 8.08. The van der Waals surface area contributed by atoms with Crippen LogP contribution in [-0.4, -0.2) is 49.6 Å². The maximum Gasteiger partial charge on any atom is 0.309 e. The van der Waals surface area contributed by atoms with E-state index in [1.807, 2.05) is 6.92 Å². The number of esters is 1. The molecule has 5 heteroatoms. The minimum atomic E-state index is 0.0632. The molecule has 1 saturated heterocycles. The van der Waals surface area contributed by atoms with Crippen molar-refractivity contribution >= 4 is 11.7 Å². The lowest BCUT2D eigenvalue weighted by Crippen LogP contribution is -2.59. The maximum absolute atomic E-state index is 13.1. The van der Waals surface area contributed by atoms with E-state index in [4.69, 9.17) is 14.5 Å². The quantitative estimate of drug-likeness (QED) is 0.549. The lowest BCUT2D eigenvalue weighted by molar-refractivity contribution is -0.194. The molecule has 4 fully saturated rings. The predicted molar refractivity (Wildman–Crippen MR) is 133 cm³/mol. The number of ether oxygens (including phenoxy) is 2. The predicted octanol–water partition coefficient (Wildman–Crippen LogP) is 5.27. The summed E-state index contributed by atoms with van der Waals surface area (Å²) in [6.45, 7) is 13.4. The molecule has 0 aromatic heterocycles. The highest BCUT2D eigenvalue weighted by Crippen LogP contribution is 2.55. The van der Waals surface area contributed by atoms with Crippen LogP contribution in [0.3, 0.4) is 0 Å². The van der Waals surface area contributed by atoms with Crippen molar-refractivity contribution in [3.05, 3.63) is 0 Å². The Kier molecular flexibility index (Phi) is 8.54. The molecule has 0 radical (unpaired) electrons. The summed E-state index contributed by atoms with van der Waals surface area (Å²) in [5.74, 6) is 3.43. The van der Waals surface area contributed by atoms with E-state index in [-0.39, 0.29) is 18.0 Å². The molecule has 4 aliphatic rings. The molecule has 1 aliphatic heterocycles. The number of hydrogen-bond acceptors (Lipinski definition) is 5. The van der Waals surface area contributed by atoms with Gasteiger partial charge in [0.2, 0.25) is 0 Å². The summed E-state index contributed by atoms with van der Waals surface area (Å²) in [6, 6.07) is 0.534. The first-order valence-electron chi connectivity index (χ1n) is 14.1. The zero-order valence-corrected chi connectivity index (χ0v) is 21.7. The Balaban J connectivity index is 1.66. The van der Waals surface area contributed by atoms with Crippen LogP contribution in [0.1, 0.15) is 86.0 Å². The van der Waals surface area contributed by atoms with E-state index in [0.717, 1.165) is 45.2 Å². The summed E-state index contributed by atoms with van der Waals surface area (Å²) in [6.07, 6.45) is 9.62. The highest BCUT2D eigenvalue weighted by atomic mass is 16.5. The van der Waals surface area contributed by atoms with E-state index in [9.17, 15) is 4.79 Å². The molecule has 3 aliphatic carbocycles. The van der Waals surface area contributed by atoms with Crippen LogP contribution in [0.5, 0.6) is 0 Å². The van der Waals surface area contributed by atoms with Crippen LogP contribution in [-0.2, 0) is 14.3 Å². The smallest absolute Gasteiger partial charge is 0.309 e. The molecule has 0 aromatic rings. The summed E-state index contributed by atoms with van der Waals surface area (Å²) in [4.78, 5) is 18.0. The van der Waals surface area contributed by atoms with Gasteiger partial charge in [-0.05, 0) is 88.0 Å².